The van der Waals surface area contributed by atoms with E-state index in [4.69, 9.17) is 9.47 Å². The number of amides is 1. The molecule has 0 unspecified atom stereocenters. The third-order valence-corrected chi connectivity index (χ3v) is 3.94. The predicted octanol–water partition coefficient (Wildman–Crippen LogP) is 2.69. The van der Waals surface area contributed by atoms with E-state index in [0.29, 0.717) is 6.54 Å². The maximum atomic E-state index is 12.0. The molecule has 0 spiro atoms. The van der Waals surface area contributed by atoms with Gasteiger partial charge in [-0.05, 0) is 30.5 Å². The molecule has 1 fully saturated rings. The molecule has 110 valence electrons. The second kappa shape index (κ2) is 7.29. The average molecular weight is 277 g/mol. The maximum absolute atomic E-state index is 12.0. The van der Waals surface area contributed by atoms with Gasteiger partial charge in [0.05, 0.1) is 13.2 Å². The molecule has 0 bridgehead atoms. The Morgan fingerprint density at radius 2 is 2.10 bits per heavy atom. The standard InChI is InChI=1S/C16H23NO3/c1-19-14-9-5-8-13(10-14)15(20-2)11-17-16(18)12-6-3-4-7-12/h5,8-10,12,15H,3-4,6-7,11H2,1-2H3,(H,17,18)/t15-/m0/s1. The fourth-order valence-corrected chi connectivity index (χ4v) is 2.70. The molecule has 1 aliphatic carbocycles. The van der Waals surface area contributed by atoms with Crippen LogP contribution >= 0.6 is 0 Å². The van der Waals surface area contributed by atoms with Gasteiger partial charge in [0.15, 0.2) is 0 Å². The zero-order valence-corrected chi connectivity index (χ0v) is 12.2. The summed E-state index contributed by atoms with van der Waals surface area (Å²) in [5.74, 6) is 1.15. The van der Waals surface area contributed by atoms with Crippen molar-refractivity contribution in [1.29, 1.82) is 0 Å². The van der Waals surface area contributed by atoms with Crippen LogP contribution in [0.4, 0.5) is 0 Å². The molecule has 0 aromatic heterocycles. The summed E-state index contributed by atoms with van der Waals surface area (Å²) >= 11 is 0. The van der Waals surface area contributed by atoms with E-state index in [1.54, 1.807) is 14.2 Å². The van der Waals surface area contributed by atoms with Gasteiger partial charge in [0, 0.05) is 19.6 Å². The molecule has 1 amide bonds. The van der Waals surface area contributed by atoms with Gasteiger partial charge in [-0.25, -0.2) is 0 Å². The summed E-state index contributed by atoms with van der Waals surface area (Å²) in [5.41, 5.74) is 1.01. The fourth-order valence-electron chi connectivity index (χ4n) is 2.70. The first-order valence-electron chi connectivity index (χ1n) is 7.19. The molecule has 4 heteroatoms. The molecule has 0 aliphatic heterocycles. The highest BCUT2D eigenvalue weighted by Gasteiger charge is 2.23. The summed E-state index contributed by atoms with van der Waals surface area (Å²) in [6, 6.07) is 7.75. The molecule has 1 aromatic rings. The topological polar surface area (TPSA) is 47.6 Å². The molecule has 1 aromatic carbocycles. The Bertz CT molecular complexity index is 441. The van der Waals surface area contributed by atoms with E-state index in [2.05, 4.69) is 5.32 Å². The third-order valence-electron chi connectivity index (χ3n) is 3.94. The lowest BCUT2D eigenvalue weighted by Gasteiger charge is -2.18. The number of carbonyl (C=O) groups is 1. The number of ether oxygens (including phenoxy) is 2. The van der Waals surface area contributed by atoms with Crippen LogP contribution in [-0.4, -0.2) is 26.7 Å². The van der Waals surface area contributed by atoms with Gasteiger partial charge in [0.2, 0.25) is 5.91 Å². The minimum absolute atomic E-state index is 0.143. The van der Waals surface area contributed by atoms with Crippen molar-refractivity contribution in [2.45, 2.75) is 31.8 Å². The van der Waals surface area contributed by atoms with Crippen LogP contribution < -0.4 is 10.1 Å². The Morgan fingerprint density at radius 1 is 1.35 bits per heavy atom. The minimum atomic E-state index is -0.143. The number of nitrogens with one attached hydrogen (secondary N) is 1. The quantitative estimate of drug-likeness (QED) is 0.869. The molecule has 4 nitrogen and oxygen atoms in total. The lowest BCUT2D eigenvalue weighted by molar-refractivity contribution is -0.125. The van der Waals surface area contributed by atoms with Crippen molar-refractivity contribution in [2.24, 2.45) is 5.92 Å². The summed E-state index contributed by atoms with van der Waals surface area (Å²) in [6.45, 7) is 0.499. The van der Waals surface area contributed by atoms with Gasteiger partial charge in [0.1, 0.15) is 5.75 Å². The SMILES string of the molecule is COc1cccc([C@H](CNC(=O)C2CCCC2)OC)c1. The zero-order chi connectivity index (χ0) is 14.4. The average Bonchev–Trinajstić information content (AvgIpc) is 3.02. The molecule has 0 radical (unpaired) electrons. The number of benzene rings is 1. The van der Waals surface area contributed by atoms with Gasteiger partial charge in [-0.3, -0.25) is 4.79 Å². The zero-order valence-electron chi connectivity index (χ0n) is 12.2. The van der Waals surface area contributed by atoms with Crippen molar-refractivity contribution in [3.63, 3.8) is 0 Å². The lowest BCUT2D eigenvalue weighted by Crippen LogP contribution is -2.33. The fraction of sp³-hybridized carbons (Fsp3) is 0.562. The molecular formula is C16H23NO3. The third kappa shape index (κ3) is 3.73. The van der Waals surface area contributed by atoms with E-state index in [1.807, 2.05) is 24.3 Å². The van der Waals surface area contributed by atoms with E-state index < -0.39 is 0 Å². The van der Waals surface area contributed by atoms with Crippen molar-refractivity contribution in [3.8, 4) is 5.75 Å². The molecule has 2 rings (SSSR count). The Hall–Kier alpha value is -1.55. The summed E-state index contributed by atoms with van der Waals surface area (Å²) in [4.78, 5) is 12.0. The van der Waals surface area contributed by atoms with Crippen molar-refractivity contribution in [1.82, 2.24) is 5.32 Å². The summed E-state index contributed by atoms with van der Waals surface area (Å²) < 4.78 is 10.7. The normalized spacial score (nSPS) is 16.9. The van der Waals surface area contributed by atoms with Crippen LogP contribution in [0.15, 0.2) is 24.3 Å². The van der Waals surface area contributed by atoms with Crippen LogP contribution in [0.2, 0.25) is 0 Å². The first-order valence-corrected chi connectivity index (χ1v) is 7.19. The molecule has 1 aliphatic rings. The smallest absolute Gasteiger partial charge is 0.223 e. The minimum Gasteiger partial charge on any atom is -0.497 e. The maximum Gasteiger partial charge on any atom is 0.223 e. The van der Waals surface area contributed by atoms with Crippen LogP contribution in [0.25, 0.3) is 0 Å². The van der Waals surface area contributed by atoms with Gasteiger partial charge < -0.3 is 14.8 Å². The van der Waals surface area contributed by atoms with Crippen LogP contribution in [0, 0.1) is 5.92 Å². The number of hydrogen-bond acceptors (Lipinski definition) is 3. The van der Waals surface area contributed by atoms with E-state index in [9.17, 15) is 4.79 Å². The number of methoxy groups -OCH3 is 2. The van der Waals surface area contributed by atoms with Gasteiger partial charge in [-0.1, -0.05) is 25.0 Å². The first kappa shape index (κ1) is 14.9. The van der Waals surface area contributed by atoms with Crippen molar-refractivity contribution in [3.05, 3.63) is 29.8 Å². The molecule has 1 saturated carbocycles. The van der Waals surface area contributed by atoms with Crippen molar-refractivity contribution in [2.75, 3.05) is 20.8 Å². The van der Waals surface area contributed by atoms with E-state index in [-0.39, 0.29) is 17.9 Å². The van der Waals surface area contributed by atoms with Crippen molar-refractivity contribution >= 4 is 5.91 Å². The molecule has 0 saturated heterocycles. The van der Waals surface area contributed by atoms with Crippen LogP contribution in [0.1, 0.15) is 37.4 Å². The van der Waals surface area contributed by atoms with E-state index in [0.717, 1.165) is 24.2 Å². The highest BCUT2D eigenvalue weighted by atomic mass is 16.5. The van der Waals surface area contributed by atoms with Crippen LogP contribution in [-0.2, 0) is 9.53 Å². The molecular weight excluding hydrogens is 254 g/mol. The Kier molecular flexibility index (Phi) is 5.41. The molecule has 1 atom stereocenters. The summed E-state index contributed by atoms with van der Waals surface area (Å²) in [7, 11) is 3.30. The number of rotatable bonds is 6. The van der Waals surface area contributed by atoms with E-state index >= 15 is 0 Å². The van der Waals surface area contributed by atoms with Gasteiger partial charge in [0.25, 0.3) is 0 Å². The molecule has 0 heterocycles. The highest BCUT2D eigenvalue weighted by molar-refractivity contribution is 5.78. The largest absolute Gasteiger partial charge is 0.497 e. The Labute approximate surface area is 120 Å². The van der Waals surface area contributed by atoms with Crippen LogP contribution in [0.5, 0.6) is 5.75 Å². The van der Waals surface area contributed by atoms with E-state index in [1.165, 1.54) is 12.8 Å². The van der Waals surface area contributed by atoms with Gasteiger partial charge in [-0.15, -0.1) is 0 Å². The summed E-state index contributed by atoms with van der Waals surface area (Å²) in [5, 5.41) is 3.01. The summed E-state index contributed by atoms with van der Waals surface area (Å²) in [6.07, 6.45) is 4.23. The highest BCUT2D eigenvalue weighted by Crippen LogP contribution is 2.25. The molecule has 1 N–H and O–H groups in total. The van der Waals surface area contributed by atoms with Crippen molar-refractivity contribution < 1.29 is 14.3 Å². The monoisotopic (exact) mass is 277 g/mol. The second-order valence-electron chi connectivity index (χ2n) is 5.23. The Morgan fingerprint density at radius 3 is 2.75 bits per heavy atom. The van der Waals surface area contributed by atoms with Gasteiger partial charge in [-0.2, -0.15) is 0 Å². The molecule has 20 heavy (non-hydrogen) atoms. The predicted molar refractivity (Wildman–Crippen MR) is 77.7 cm³/mol. The number of carbonyl (C=O) groups excluding carboxylic acids is 1. The Balaban J connectivity index is 1.92. The second-order valence-corrected chi connectivity index (χ2v) is 5.23. The van der Waals surface area contributed by atoms with Crippen LogP contribution in [0.3, 0.4) is 0 Å². The number of hydrogen-bond donors (Lipinski definition) is 1. The first-order chi connectivity index (χ1) is 9.74. The lowest BCUT2D eigenvalue weighted by atomic mass is 10.1. The van der Waals surface area contributed by atoms with Gasteiger partial charge >= 0.3 is 0 Å².